The smallest absolute Gasteiger partial charge is 0.409 e. The maximum absolute atomic E-state index is 11.6. The van der Waals surface area contributed by atoms with Crippen molar-refractivity contribution in [2.45, 2.75) is 44.2 Å². The van der Waals surface area contributed by atoms with Crippen molar-refractivity contribution >= 4 is 6.09 Å². The standard InChI is InChI=1S/C11H17NO2/c1-14-11(13)12-9-3-7-2-8(5-9)6-10(12)4-7/h7-10H,2-6H2,1H3. The summed E-state index contributed by atoms with van der Waals surface area (Å²) in [6, 6.07) is 0.998. The molecule has 0 aromatic carbocycles. The number of hydrogen-bond acceptors (Lipinski definition) is 2. The molecule has 0 atom stereocenters. The molecule has 4 aliphatic rings. The van der Waals surface area contributed by atoms with Gasteiger partial charge in [-0.25, -0.2) is 4.79 Å². The van der Waals surface area contributed by atoms with Crippen molar-refractivity contribution in [1.82, 2.24) is 4.90 Å². The van der Waals surface area contributed by atoms with Gasteiger partial charge in [-0.3, -0.25) is 0 Å². The second-order valence-electron chi connectivity index (χ2n) is 5.10. The fraction of sp³-hybridized carbons (Fsp3) is 0.909. The summed E-state index contributed by atoms with van der Waals surface area (Å²) in [4.78, 5) is 13.6. The van der Waals surface area contributed by atoms with E-state index in [0.717, 1.165) is 11.8 Å². The summed E-state index contributed by atoms with van der Waals surface area (Å²) in [7, 11) is 1.49. The van der Waals surface area contributed by atoms with Crippen LogP contribution in [0.5, 0.6) is 0 Å². The Hall–Kier alpha value is -0.730. The molecule has 0 spiro atoms. The van der Waals surface area contributed by atoms with E-state index >= 15 is 0 Å². The molecular formula is C11H17NO2. The zero-order chi connectivity index (χ0) is 9.71. The van der Waals surface area contributed by atoms with Crippen LogP contribution in [0.2, 0.25) is 0 Å². The van der Waals surface area contributed by atoms with Gasteiger partial charge in [-0.05, 0) is 43.9 Å². The number of hydrogen-bond donors (Lipinski definition) is 0. The second-order valence-corrected chi connectivity index (χ2v) is 5.10. The number of rotatable bonds is 0. The fourth-order valence-corrected chi connectivity index (χ4v) is 3.94. The van der Waals surface area contributed by atoms with Crippen LogP contribution in [0.25, 0.3) is 0 Å². The molecule has 2 aliphatic heterocycles. The molecule has 3 nitrogen and oxygen atoms in total. The van der Waals surface area contributed by atoms with Crippen LogP contribution in [0.1, 0.15) is 32.1 Å². The van der Waals surface area contributed by atoms with E-state index < -0.39 is 0 Å². The lowest BCUT2D eigenvalue weighted by Crippen LogP contribution is -2.59. The Kier molecular flexibility index (Phi) is 1.76. The first-order valence-corrected chi connectivity index (χ1v) is 5.64. The highest BCUT2D eigenvalue weighted by atomic mass is 16.5. The van der Waals surface area contributed by atoms with E-state index in [1.165, 1.54) is 39.2 Å². The average molecular weight is 195 g/mol. The molecule has 0 unspecified atom stereocenters. The number of ether oxygens (including phenoxy) is 1. The number of carbonyl (C=O) groups excluding carboxylic acids is 1. The topological polar surface area (TPSA) is 29.5 Å². The molecule has 78 valence electrons. The Balaban J connectivity index is 1.84. The number of piperidine rings is 2. The maximum atomic E-state index is 11.6. The van der Waals surface area contributed by atoms with Crippen LogP contribution in [0.4, 0.5) is 4.79 Å². The third-order valence-electron chi connectivity index (χ3n) is 4.26. The van der Waals surface area contributed by atoms with Crippen LogP contribution in [-0.4, -0.2) is 30.2 Å². The molecule has 0 aromatic heterocycles. The van der Waals surface area contributed by atoms with Gasteiger partial charge in [0.2, 0.25) is 0 Å². The molecule has 2 aliphatic carbocycles. The second kappa shape index (κ2) is 2.88. The first-order valence-electron chi connectivity index (χ1n) is 5.64. The van der Waals surface area contributed by atoms with E-state index in [1.54, 1.807) is 0 Å². The molecule has 2 heterocycles. The van der Waals surface area contributed by atoms with Gasteiger partial charge in [-0.15, -0.1) is 0 Å². The first kappa shape index (κ1) is 8.57. The number of carbonyl (C=O) groups is 1. The summed E-state index contributed by atoms with van der Waals surface area (Å²) in [5, 5.41) is 0. The van der Waals surface area contributed by atoms with E-state index in [0.29, 0.717) is 12.1 Å². The van der Waals surface area contributed by atoms with Gasteiger partial charge in [-0.2, -0.15) is 0 Å². The molecule has 0 aromatic rings. The van der Waals surface area contributed by atoms with Crippen LogP contribution >= 0.6 is 0 Å². The Morgan fingerprint density at radius 1 is 1.07 bits per heavy atom. The lowest BCUT2D eigenvalue weighted by Gasteiger charge is -2.55. The van der Waals surface area contributed by atoms with Crippen LogP contribution < -0.4 is 0 Å². The van der Waals surface area contributed by atoms with Crippen LogP contribution in [0.15, 0.2) is 0 Å². The average Bonchev–Trinajstić information content (AvgIpc) is 2.15. The number of nitrogens with zero attached hydrogens (tertiary/aromatic N) is 1. The zero-order valence-corrected chi connectivity index (χ0v) is 8.61. The minimum atomic E-state index is -0.0983. The fourth-order valence-electron chi connectivity index (χ4n) is 3.94. The third kappa shape index (κ3) is 1.07. The molecule has 4 fully saturated rings. The summed E-state index contributed by atoms with van der Waals surface area (Å²) in [6.07, 6.45) is 6.22. The highest BCUT2D eigenvalue weighted by Crippen LogP contribution is 2.49. The predicted octanol–water partition coefficient (Wildman–Crippen LogP) is 2.02. The Morgan fingerprint density at radius 3 is 2.00 bits per heavy atom. The van der Waals surface area contributed by atoms with Crippen molar-refractivity contribution in [3.8, 4) is 0 Å². The summed E-state index contributed by atoms with van der Waals surface area (Å²) >= 11 is 0. The molecule has 1 amide bonds. The molecule has 3 heteroatoms. The molecule has 4 rings (SSSR count). The van der Waals surface area contributed by atoms with Gasteiger partial charge in [0.1, 0.15) is 0 Å². The van der Waals surface area contributed by atoms with E-state index in [1.807, 2.05) is 4.90 Å². The van der Waals surface area contributed by atoms with Gasteiger partial charge in [0.25, 0.3) is 0 Å². The SMILES string of the molecule is COC(=O)N1C2CC3CC(C2)CC1C3. The van der Waals surface area contributed by atoms with Gasteiger partial charge in [-0.1, -0.05) is 0 Å². The third-order valence-corrected chi connectivity index (χ3v) is 4.26. The molecule has 14 heavy (non-hydrogen) atoms. The summed E-state index contributed by atoms with van der Waals surface area (Å²) in [5.74, 6) is 1.80. The van der Waals surface area contributed by atoms with E-state index in [2.05, 4.69) is 0 Å². The maximum Gasteiger partial charge on any atom is 0.409 e. The van der Waals surface area contributed by atoms with Crippen molar-refractivity contribution in [3.05, 3.63) is 0 Å². The Labute approximate surface area is 84.4 Å². The van der Waals surface area contributed by atoms with Crippen molar-refractivity contribution < 1.29 is 9.53 Å². The highest BCUT2D eigenvalue weighted by Gasteiger charge is 2.48. The first-order chi connectivity index (χ1) is 6.78. The minimum absolute atomic E-state index is 0.0983. The van der Waals surface area contributed by atoms with Crippen molar-refractivity contribution in [2.75, 3.05) is 7.11 Å². The van der Waals surface area contributed by atoms with Gasteiger partial charge in [0, 0.05) is 12.1 Å². The van der Waals surface area contributed by atoms with Gasteiger partial charge in [0.15, 0.2) is 0 Å². The van der Waals surface area contributed by atoms with Gasteiger partial charge in [0.05, 0.1) is 7.11 Å². The molecular weight excluding hydrogens is 178 g/mol. The largest absolute Gasteiger partial charge is 0.453 e. The number of amides is 1. The lowest BCUT2D eigenvalue weighted by atomic mass is 9.64. The van der Waals surface area contributed by atoms with Crippen LogP contribution in [0.3, 0.4) is 0 Å². The van der Waals surface area contributed by atoms with Crippen molar-refractivity contribution in [2.24, 2.45) is 11.8 Å². The molecule has 4 bridgehead atoms. The molecule has 0 N–H and O–H groups in total. The molecule has 2 saturated carbocycles. The van der Waals surface area contributed by atoms with Gasteiger partial charge >= 0.3 is 6.09 Å². The van der Waals surface area contributed by atoms with Gasteiger partial charge < -0.3 is 9.64 Å². The van der Waals surface area contributed by atoms with Crippen molar-refractivity contribution in [1.29, 1.82) is 0 Å². The molecule has 2 saturated heterocycles. The summed E-state index contributed by atoms with van der Waals surface area (Å²) < 4.78 is 4.86. The lowest BCUT2D eigenvalue weighted by molar-refractivity contribution is -0.0477. The Morgan fingerprint density at radius 2 is 1.57 bits per heavy atom. The zero-order valence-electron chi connectivity index (χ0n) is 8.61. The quantitative estimate of drug-likeness (QED) is 0.591. The normalized spacial score (nSPS) is 44.2. The van der Waals surface area contributed by atoms with E-state index in [4.69, 9.17) is 4.74 Å². The highest BCUT2D eigenvalue weighted by molar-refractivity contribution is 5.68. The van der Waals surface area contributed by atoms with E-state index in [-0.39, 0.29) is 6.09 Å². The van der Waals surface area contributed by atoms with Crippen LogP contribution in [0, 0.1) is 11.8 Å². The monoisotopic (exact) mass is 195 g/mol. The van der Waals surface area contributed by atoms with Crippen LogP contribution in [-0.2, 0) is 4.74 Å². The summed E-state index contributed by atoms with van der Waals surface area (Å²) in [5.41, 5.74) is 0. The minimum Gasteiger partial charge on any atom is -0.453 e. The van der Waals surface area contributed by atoms with E-state index in [9.17, 15) is 4.79 Å². The number of methoxy groups -OCH3 is 1. The Bertz CT molecular complexity index is 236. The van der Waals surface area contributed by atoms with Crippen molar-refractivity contribution in [3.63, 3.8) is 0 Å². The summed E-state index contributed by atoms with van der Waals surface area (Å²) in [6.45, 7) is 0. The molecule has 0 radical (unpaired) electrons. The predicted molar refractivity (Wildman–Crippen MR) is 51.9 cm³/mol.